The van der Waals surface area contributed by atoms with E-state index in [1.54, 1.807) is 0 Å². The zero-order chi connectivity index (χ0) is 22.0. The lowest BCUT2D eigenvalue weighted by molar-refractivity contribution is -0.413. The summed E-state index contributed by atoms with van der Waals surface area (Å²) in [7, 11) is 0. The highest BCUT2D eigenvalue weighted by Gasteiger charge is 2.27. The molecule has 2 unspecified atom stereocenters. The second-order valence-corrected chi connectivity index (χ2v) is 8.77. The van der Waals surface area contributed by atoms with Gasteiger partial charge < -0.3 is 9.47 Å². The van der Waals surface area contributed by atoms with Crippen LogP contribution in [0, 0.1) is 11.8 Å². The Morgan fingerprint density at radius 3 is 1.36 bits per heavy atom. The summed E-state index contributed by atoms with van der Waals surface area (Å²) >= 11 is 0. The molecule has 0 aliphatic heterocycles. The highest BCUT2D eigenvalue weighted by atomic mass is 17.2. The van der Waals surface area contributed by atoms with Gasteiger partial charge >= 0.3 is 6.16 Å². The minimum atomic E-state index is -1.14. The molecule has 0 N–H and O–H groups in total. The van der Waals surface area contributed by atoms with Crippen LogP contribution < -0.4 is 0 Å². The number of carbonyl (C=O) groups excluding carboxylic acids is 1. The molecule has 0 aromatic carbocycles. The molecule has 0 rings (SSSR count). The lowest BCUT2D eigenvalue weighted by Gasteiger charge is -2.28. The zero-order valence-electron chi connectivity index (χ0n) is 18.7. The third-order valence-corrected chi connectivity index (χ3v) is 3.35. The van der Waals surface area contributed by atoms with Crippen molar-refractivity contribution in [3.8, 4) is 0 Å². The molecule has 0 saturated carbocycles. The van der Waals surface area contributed by atoms with Crippen molar-refractivity contribution in [2.24, 2.45) is 11.8 Å². The van der Waals surface area contributed by atoms with Crippen molar-refractivity contribution in [3.63, 3.8) is 0 Å². The van der Waals surface area contributed by atoms with Gasteiger partial charge in [-0.15, -0.1) is 0 Å². The predicted molar refractivity (Wildman–Crippen MR) is 107 cm³/mol. The van der Waals surface area contributed by atoms with Gasteiger partial charge in [0.1, 0.15) is 0 Å². The molecular weight excluding hydrogens is 364 g/mol. The van der Waals surface area contributed by atoms with Gasteiger partial charge in [-0.25, -0.2) is 14.6 Å². The molecule has 0 aliphatic rings. The Hall–Kier alpha value is -1.41. The van der Waals surface area contributed by atoms with Crippen LogP contribution in [0.1, 0.15) is 68.2 Å². The van der Waals surface area contributed by atoms with E-state index in [2.05, 4.69) is 40.9 Å². The maximum absolute atomic E-state index is 12.0. The molecule has 0 saturated heterocycles. The Bertz CT molecular complexity index is 441. The van der Waals surface area contributed by atoms with Crippen molar-refractivity contribution in [2.45, 2.75) is 92.0 Å². The normalized spacial score (nSPS) is 14.6. The summed E-state index contributed by atoms with van der Waals surface area (Å²) < 4.78 is 10.0. The van der Waals surface area contributed by atoms with E-state index in [0.717, 1.165) is 12.8 Å². The van der Waals surface area contributed by atoms with Crippen LogP contribution >= 0.6 is 0 Å². The van der Waals surface area contributed by atoms with Crippen LogP contribution in [0.25, 0.3) is 0 Å². The van der Waals surface area contributed by atoms with Crippen LogP contribution in [-0.2, 0) is 29.0 Å². The summed E-state index contributed by atoms with van der Waals surface area (Å²) in [4.78, 5) is 33.0. The monoisotopic (exact) mass is 402 g/mol. The smallest absolute Gasteiger partial charge is 0.398 e. The standard InChI is InChI=1S/C21H38O7/c1-11-17(25-27-20(7,8)13-15(3)4)23-19(22)24-18(12-2)26-28-21(9,10)14-16(5)6/h11-12,15-18H,1-2,13-14H2,3-10H3. The van der Waals surface area contributed by atoms with Gasteiger partial charge in [-0.1, -0.05) is 40.9 Å². The Labute approximate surface area is 169 Å². The van der Waals surface area contributed by atoms with Gasteiger partial charge in [-0.2, -0.15) is 9.78 Å². The van der Waals surface area contributed by atoms with Crippen molar-refractivity contribution < 1.29 is 33.8 Å². The summed E-state index contributed by atoms with van der Waals surface area (Å²) in [6.45, 7) is 22.9. The van der Waals surface area contributed by atoms with E-state index in [9.17, 15) is 4.79 Å². The molecule has 0 radical (unpaired) electrons. The Kier molecular flexibility index (Phi) is 11.6. The van der Waals surface area contributed by atoms with Crippen LogP contribution in [0.5, 0.6) is 0 Å². The number of hydrogen-bond acceptors (Lipinski definition) is 7. The first-order valence-corrected chi connectivity index (χ1v) is 9.61. The molecule has 0 aliphatic carbocycles. The van der Waals surface area contributed by atoms with Gasteiger partial charge in [-0.3, -0.25) is 0 Å². The van der Waals surface area contributed by atoms with Crippen LogP contribution in [0.15, 0.2) is 25.3 Å². The van der Waals surface area contributed by atoms with E-state index < -0.39 is 29.9 Å². The van der Waals surface area contributed by atoms with E-state index >= 15 is 0 Å². The largest absolute Gasteiger partial charge is 0.513 e. The van der Waals surface area contributed by atoms with Gasteiger partial charge in [-0.05, 0) is 64.5 Å². The average molecular weight is 403 g/mol. The number of hydrogen-bond donors (Lipinski definition) is 0. The summed E-state index contributed by atoms with van der Waals surface area (Å²) in [6.07, 6.45) is 0.766. The quantitative estimate of drug-likeness (QED) is 0.121. The van der Waals surface area contributed by atoms with Crippen molar-refractivity contribution in [2.75, 3.05) is 0 Å². The first-order valence-electron chi connectivity index (χ1n) is 9.61. The fourth-order valence-electron chi connectivity index (χ4n) is 2.82. The lowest BCUT2D eigenvalue weighted by atomic mass is 9.97. The number of carbonyl (C=O) groups is 1. The third kappa shape index (κ3) is 12.9. The van der Waals surface area contributed by atoms with Crippen molar-refractivity contribution in [1.29, 1.82) is 0 Å². The van der Waals surface area contributed by atoms with Crippen LogP contribution in [0.2, 0.25) is 0 Å². The van der Waals surface area contributed by atoms with Crippen molar-refractivity contribution >= 4 is 6.16 Å². The SMILES string of the molecule is C=CC(OOC(C)(C)CC(C)C)OC(=O)OC(C=C)OOC(C)(C)CC(C)C. The molecule has 0 aromatic rings. The minimum Gasteiger partial charge on any atom is -0.398 e. The first-order chi connectivity index (χ1) is 12.8. The van der Waals surface area contributed by atoms with Gasteiger partial charge in [0.15, 0.2) is 0 Å². The molecule has 0 aromatic heterocycles. The number of rotatable bonds is 14. The second kappa shape index (κ2) is 12.2. The predicted octanol–water partition coefficient (Wildman–Crippen LogP) is 5.71. The van der Waals surface area contributed by atoms with E-state index in [-0.39, 0.29) is 0 Å². The van der Waals surface area contributed by atoms with E-state index in [1.807, 2.05) is 27.7 Å². The topological polar surface area (TPSA) is 72.5 Å². The third-order valence-electron chi connectivity index (χ3n) is 3.35. The first kappa shape index (κ1) is 26.6. The summed E-state index contributed by atoms with van der Waals surface area (Å²) in [5.74, 6) is 0.828. The molecule has 164 valence electrons. The molecule has 28 heavy (non-hydrogen) atoms. The molecule has 0 heterocycles. The van der Waals surface area contributed by atoms with Gasteiger partial charge in [0.2, 0.25) is 0 Å². The van der Waals surface area contributed by atoms with E-state index in [0.29, 0.717) is 11.8 Å². The van der Waals surface area contributed by atoms with Crippen LogP contribution in [-0.4, -0.2) is 29.9 Å². The maximum atomic E-state index is 12.0. The molecule has 0 fully saturated rings. The summed E-state index contributed by atoms with van der Waals surface area (Å²) in [5, 5.41) is 0. The lowest BCUT2D eigenvalue weighted by Crippen LogP contribution is -2.32. The van der Waals surface area contributed by atoms with Crippen molar-refractivity contribution in [3.05, 3.63) is 25.3 Å². The van der Waals surface area contributed by atoms with Crippen LogP contribution in [0.3, 0.4) is 0 Å². The molecule has 7 nitrogen and oxygen atoms in total. The van der Waals surface area contributed by atoms with Gasteiger partial charge in [0.25, 0.3) is 12.6 Å². The van der Waals surface area contributed by atoms with E-state index in [1.165, 1.54) is 12.2 Å². The fourth-order valence-corrected chi connectivity index (χ4v) is 2.82. The summed E-state index contributed by atoms with van der Waals surface area (Å²) in [5.41, 5.74) is -1.10. The Balaban J connectivity index is 4.52. The molecule has 7 heteroatoms. The fraction of sp³-hybridized carbons (Fsp3) is 0.762. The molecule has 0 amide bonds. The highest BCUT2D eigenvalue weighted by molar-refractivity contribution is 5.60. The van der Waals surface area contributed by atoms with Gasteiger partial charge in [0, 0.05) is 0 Å². The second-order valence-electron chi connectivity index (χ2n) is 8.77. The minimum absolute atomic E-state index is 0.414. The van der Waals surface area contributed by atoms with E-state index in [4.69, 9.17) is 29.0 Å². The number of ether oxygens (including phenoxy) is 2. The van der Waals surface area contributed by atoms with Crippen molar-refractivity contribution in [1.82, 2.24) is 0 Å². The van der Waals surface area contributed by atoms with Crippen LogP contribution in [0.4, 0.5) is 4.79 Å². The molecule has 0 bridgehead atoms. The Morgan fingerprint density at radius 1 is 0.786 bits per heavy atom. The molecule has 0 spiro atoms. The average Bonchev–Trinajstić information content (AvgIpc) is 2.52. The molecule has 2 atom stereocenters. The Morgan fingerprint density at radius 2 is 1.11 bits per heavy atom. The highest BCUT2D eigenvalue weighted by Crippen LogP contribution is 2.23. The maximum Gasteiger partial charge on any atom is 0.513 e. The zero-order valence-corrected chi connectivity index (χ0v) is 18.7. The summed E-state index contributed by atoms with van der Waals surface area (Å²) in [6, 6.07) is 0. The van der Waals surface area contributed by atoms with Gasteiger partial charge in [0.05, 0.1) is 11.2 Å². The molecular formula is C21H38O7.